The van der Waals surface area contributed by atoms with Gasteiger partial charge in [-0.2, -0.15) is 4.98 Å². The molecule has 0 spiro atoms. The first-order valence-electron chi connectivity index (χ1n) is 7.93. The van der Waals surface area contributed by atoms with Crippen LogP contribution in [-0.2, 0) is 4.79 Å². The molecule has 0 radical (unpaired) electrons. The largest absolute Gasteiger partial charge is 0.363 e. The van der Waals surface area contributed by atoms with Crippen molar-refractivity contribution in [3.05, 3.63) is 53.5 Å². The number of nitrogens with one attached hydrogen (secondary N) is 2. The highest BCUT2D eigenvalue weighted by Gasteiger charge is 2.04. The lowest BCUT2D eigenvalue weighted by molar-refractivity contribution is -0.116. The van der Waals surface area contributed by atoms with Crippen LogP contribution in [0.25, 0.3) is 6.08 Å². The lowest BCUT2D eigenvalue weighted by Gasteiger charge is -2.13. The van der Waals surface area contributed by atoms with Crippen LogP contribution in [0.15, 0.2) is 36.4 Å². The van der Waals surface area contributed by atoms with Crippen molar-refractivity contribution >= 4 is 23.7 Å². The number of amides is 1. The number of hydrogen-bond acceptors (Lipinski definition) is 5. The molecule has 2 aromatic rings. The van der Waals surface area contributed by atoms with Crippen molar-refractivity contribution in [2.45, 2.75) is 6.92 Å². The summed E-state index contributed by atoms with van der Waals surface area (Å²) in [5.74, 6) is 0.678. The fraction of sp³-hybridized carbons (Fsp3) is 0.278. The Morgan fingerprint density at radius 3 is 2.72 bits per heavy atom. The lowest BCUT2D eigenvalue weighted by atomic mass is 10.2. The zero-order chi connectivity index (χ0) is 18.2. The number of rotatable bonds is 7. The summed E-state index contributed by atoms with van der Waals surface area (Å²) in [7, 11) is 3.82. The summed E-state index contributed by atoms with van der Waals surface area (Å²) in [6.45, 7) is 2.78. The van der Waals surface area contributed by atoms with Crippen molar-refractivity contribution in [1.82, 2.24) is 15.3 Å². The predicted molar refractivity (Wildman–Crippen MR) is 98.0 cm³/mol. The van der Waals surface area contributed by atoms with E-state index in [2.05, 4.69) is 20.6 Å². The summed E-state index contributed by atoms with van der Waals surface area (Å²) >= 11 is 0. The van der Waals surface area contributed by atoms with Gasteiger partial charge < -0.3 is 15.5 Å². The van der Waals surface area contributed by atoms with Gasteiger partial charge in [-0.25, -0.2) is 9.37 Å². The van der Waals surface area contributed by atoms with E-state index in [0.717, 1.165) is 11.5 Å². The average Bonchev–Trinajstić information content (AvgIpc) is 2.57. The van der Waals surface area contributed by atoms with Crippen LogP contribution in [0.5, 0.6) is 0 Å². The number of hydrogen-bond donors (Lipinski definition) is 2. The number of carbonyl (C=O) groups excluding carboxylic acids is 1. The third kappa shape index (κ3) is 5.87. The van der Waals surface area contributed by atoms with Crippen molar-refractivity contribution in [1.29, 1.82) is 0 Å². The van der Waals surface area contributed by atoms with Crippen LogP contribution in [0.2, 0.25) is 0 Å². The van der Waals surface area contributed by atoms with Gasteiger partial charge in [-0.3, -0.25) is 4.79 Å². The van der Waals surface area contributed by atoms with Gasteiger partial charge in [0.05, 0.1) is 0 Å². The molecule has 1 aromatic carbocycles. The molecule has 2 rings (SSSR count). The van der Waals surface area contributed by atoms with E-state index in [0.29, 0.717) is 24.6 Å². The van der Waals surface area contributed by atoms with Crippen LogP contribution in [-0.4, -0.2) is 43.1 Å². The minimum absolute atomic E-state index is 0.288. The van der Waals surface area contributed by atoms with Gasteiger partial charge in [-0.05, 0) is 19.1 Å². The first-order chi connectivity index (χ1) is 12.0. The van der Waals surface area contributed by atoms with Crippen LogP contribution in [0.4, 0.5) is 16.2 Å². The molecule has 6 nitrogen and oxygen atoms in total. The van der Waals surface area contributed by atoms with Crippen LogP contribution in [0, 0.1) is 12.7 Å². The van der Waals surface area contributed by atoms with E-state index in [4.69, 9.17) is 0 Å². The van der Waals surface area contributed by atoms with Crippen LogP contribution in [0.1, 0.15) is 11.3 Å². The molecular formula is C18H22FN5O. The number of halogens is 1. The summed E-state index contributed by atoms with van der Waals surface area (Å²) in [6, 6.07) is 8.17. The zero-order valence-electron chi connectivity index (χ0n) is 14.6. The van der Waals surface area contributed by atoms with Crippen LogP contribution < -0.4 is 15.5 Å². The summed E-state index contributed by atoms with van der Waals surface area (Å²) in [6.07, 6.45) is 2.76. The smallest absolute Gasteiger partial charge is 0.244 e. The number of anilines is 2. The van der Waals surface area contributed by atoms with Crippen molar-refractivity contribution in [2.75, 3.05) is 37.4 Å². The molecule has 0 saturated carbocycles. The Morgan fingerprint density at radius 2 is 2.00 bits per heavy atom. The Balaban J connectivity index is 1.79. The van der Waals surface area contributed by atoms with E-state index in [-0.39, 0.29) is 11.7 Å². The van der Waals surface area contributed by atoms with Crippen molar-refractivity contribution < 1.29 is 9.18 Å². The predicted octanol–water partition coefficient (Wildman–Crippen LogP) is 2.23. The molecule has 25 heavy (non-hydrogen) atoms. The maximum absolute atomic E-state index is 13.4. The van der Waals surface area contributed by atoms with E-state index in [1.54, 1.807) is 18.2 Å². The molecular weight excluding hydrogens is 321 g/mol. The van der Waals surface area contributed by atoms with E-state index in [1.165, 1.54) is 18.2 Å². The highest BCUT2D eigenvalue weighted by atomic mass is 19.1. The molecule has 1 aromatic heterocycles. The Kier molecular flexibility index (Phi) is 6.45. The summed E-state index contributed by atoms with van der Waals surface area (Å²) in [5.41, 5.74) is 1.23. The summed E-state index contributed by atoms with van der Waals surface area (Å²) in [5, 5.41) is 5.79. The lowest BCUT2D eigenvalue weighted by Crippen LogP contribution is -2.27. The number of carbonyl (C=O) groups is 1. The number of nitrogens with zero attached hydrogens (tertiary/aromatic N) is 3. The Labute approximate surface area is 146 Å². The fourth-order valence-corrected chi connectivity index (χ4v) is 2.05. The van der Waals surface area contributed by atoms with Crippen molar-refractivity contribution in [2.24, 2.45) is 0 Å². The number of aromatic nitrogens is 2. The fourth-order valence-electron chi connectivity index (χ4n) is 2.05. The third-order valence-corrected chi connectivity index (χ3v) is 3.33. The van der Waals surface area contributed by atoms with Crippen molar-refractivity contribution in [3.63, 3.8) is 0 Å². The maximum atomic E-state index is 13.4. The monoisotopic (exact) mass is 343 g/mol. The minimum Gasteiger partial charge on any atom is -0.363 e. The van der Waals surface area contributed by atoms with Gasteiger partial charge in [0.25, 0.3) is 0 Å². The van der Waals surface area contributed by atoms with E-state index < -0.39 is 0 Å². The normalized spacial score (nSPS) is 10.7. The van der Waals surface area contributed by atoms with E-state index in [9.17, 15) is 9.18 Å². The topological polar surface area (TPSA) is 70.2 Å². The van der Waals surface area contributed by atoms with E-state index in [1.807, 2.05) is 32.0 Å². The second-order valence-corrected chi connectivity index (χ2v) is 5.66. The van der Waals surface area contributed by atoms with Crippen LogP contribution in [0.3, 0.4) is 0 Å². The molecule has 0 bridgehead atoms. The van der Waals surface area contributed by atoms with Crippen molar-refractivity contribution in [3.8, 4) is 0 Å². The van der Waals surface area contributed by atoms with Crippen LogP contribution >= 0.6 is 0 Å². The van der Waals surface area contributed by atoms with Gasteiger partial charge >= 0.3 is 0 Å². The minimum atomic E-state index is -0.360. The quantitative estimate of drug-likeness (QED) is 0.596. The Hall–Kier alpha value is -2.96. The van der Waals surface area contributed by atoms with Gasteiger partial charge in [0.15, 0.2) is 0 Å². The standard InChI is InChI=1S/C18H22FN5O/c1-13-12-16(24(2)3)23-18(22-13)21-11-10-20-17(25)9-8-14-6-4-5-7-15(14)19/h4-9,12H,10-11H2,1-3H3,(H,20,25)(H,21,22,23)/b9-8+. The van der Waals surface area contributed by atoms with E-state index >= 15 is 0 Å². The second-order valence-electron chi connectivity index (χ2n) is 5.66. The molecule has 1 amide bonds. The zero-order valence-corrected chi connectivity index (χ0v) is 14.6. The highest BCUT2D eigenvalue weighted by Crippen LogP contribution is 2.11. The molecule has 0 unspecified atom stereocenters. The maximum Gasteiger partial charge on any atom is 0.244 e. The molecule has 132 valence electrons. The Morgan fingerprint density at radius 1 is 1.24 bits per heavy atom. The first-order valence-corrected chi connectivity index (χ1v) is 7.93. The molecule has 0 aliphatic carbocycles. The number of aryl methyl sites for hydroxylation is 1. The SMILES string of the molecule is Cc1cc(N(C)C)nc(NCCNC(=O)/C=C/c2ccccc2F)n1. The van der Waals surface area contributed by atoms with Gasteiger partial charge in [0.2, 0.25) is 11.9 Å². The van der Waals surface area contributed by atoms with Gasteiger partial charge in [-0.1, -0.05) is 18.2 Å². The molecule has 0 aliphatic rings. The molecule has 0 fully saturated rings. The molecule has 2 N–H and O–H groups in total. The highest BCUT2D eigenvalue weighted by molar-refractivity contribution is 5.91. The third-order valence-electron chi connectivity index (χ3n) is 3.33. The second kappa shape index (κ2) is 8.77. The Bertz CT molecular complexity index is 761. The number of benzene rings is 1. The van der Waals surface area contributed by atoms with Gasteiger partial charge in [0.1, 0.15) is 11.6 Å². The molecule has 7 heteroatoms. The summed E-state index contributed by atoms with van der Waals surface area (Å²) < 4.78 is 13.4. The molecule has 0 aliphatic heterocycles. The first kappa shape index (κ1) is 18.4. The van der Waals surface area contributed by atoms with Gasteiger partial charge in [0, 0.05) is 50.6 Å². The average molecular weight is 343 g/mol. The summed E-state index contributed by atoms with van der Waals surface area (Å²) in [4.78, 5) is 22.3. The molecule has 0 saturated heterocycles. The molecule has 0 atom stereocenters. The van der Waals surface area contributed by atoms with Gasteiger partial charge in [-0.15, -0.1) is 0 Å². The molecule has 1 heterocycles.